The predicted octanol–water partition coefficient (Wildman–Crippen LogP) is 1.38. The molecule has 0 aliphatic rings. The van der Waals surface area contributed by atoms with Gasteiger partial charge in [0.2, 0.25) is 5.91 Å². The summed E-state index contributed by atoms with van der Waals surface area (Å²) in [4.78, 5) is 33.1. The summed E-state index contributed by atoms with van der Waals surface area (Å²) in [5, 5.41) is 24.9. The van der Waals surface area contributed by atoms with Crippen LogP contribution in [0.15, 0.2) is 24.3 Å². The number of anilines is 1. The van der Waals surface area contributed by atoms with E-state index in [-0.39, 0.29) is 24.3 Å². The highest BCUT2D eigenvalue weighted by atomic mass is 16.6. The Bertz CT molecular complexity index is 560. The summed E-state index contributed by atoms with van der Waals surface area (Å²) in [6.45, 7) is 2.79. The largest absolute Gasteiger partial charge is 0.480 e. The van der Waals surface area contributed by atoms with Crippen molar-refractivity contribution in [3.63, 3.8) is 0 Å². The second-order valence-corrected chi connectivity index (χ2v) is 4.67. The summed E-state index contributed by atoms with van der Waals surface area (Å²) in [6, 6.07) is 5.90. The average molecular weight is 295 g/mol. The van der Waals surface area contributed by atoms with E-state index in [2.05, 4.69) is 10.6 Å². The standard InChI is InChI=1S/C13H17N3O5/c1-3-13(2,12(18)19)15-11(17)8-14-9-6-4-5-7-10(9)16(20)21/h4-7,14H,3,8H2,1-2H3,(H,15,17)(H,18,19). The molecule has 21 heavy (non-hydrogen) atoms. The zero-order chi connectivity index (χ0) is 16.0. The van der Waals surface area contributed by atoms with Crippen molar-refractivity contribution in [3.05, 3.63) is 34.4 Å². The minimum atomic E-state index is -1.36. The first-order valence-electron chi connectivity index (χ1n) is 6.32. The Hall–Kier alpha value is -2.64. The smallest absolute Gasteiger partial charge is 0.329 e. The predicted molar refractivity (Wildman–Crippen MR) is 76.1 cm³/mol. The van der Waals surface area contributed by atoms with Crippen molar-refractivity contribution in [2.75, 3.05) is 11.9 Å². The van der Waals surface area contributed by atoms with Crippen LogP contribution in [0.3, 0.4) is 0 Å². The lowest BCUT2D eigenvalue weighted by atomic mass is 9.99. The van der Waals surface area contributed by atoms with Crippen LogP contribution < -0.4 is 10.6 Å². The summed E-state index contributed by atoms with van der Waals surface area (Å²) in [5.74, 6) is -1.69. The molecule has 0 aliphatic heterocycles. The third kappa shape index (κ3) is 4.16. The van der Waals surface area contributed by atoms with Crippen LogP contribution in [0.25, 0.3) is 0 Å². The maximum atomic E-state index is 11.8. The molecular formula is C13H17N3O5. The number of hydrogen-bond donors (Lipinski definition) is 3. The first-order valence-corrected chi connectivity index (χ1v) is 6.32. The van der Waals surface area contributed by atoms with Crippen LogP contribution >= 0.6 is 0 Å². The van der Waals surface area contributed by atoms with Crippen molar-refractivity contribution >= 4 is 23.3 Å². The fraction of sp³-hybridized carbons (Fsp3) is 0.385. The maximum Gasteiger partial charge on any atom is 0.329 e. The monoisotopic (exact) mass is 295 g/mol. The lowest BCUT2D eigenvalue weighted by Gasteiger charge is -2.24. The molecule has 0 fully saturated rings. The summed E-state index contributed by atoms with van der Waals surface area (Å²) in [5.41, 5.74) is -1.31. The van der Waals surface area contributed by atoms with E-state index in [4.69, 9.17) is 5.11 Å². The number of nitro benzene ring substituents is 1. The molecule has 1 atom stereocenters. The Kier molecular flexibility index (Phi) is 5.23. The topological polar surface area (TPSA) is 122 Å². The fourth-order valence-corrected chi connectivity index (χ4v) is 1.60. The molecule has 1 rings (SSSR count). The van der Waals surface area contributed by atoms with Crippen molar-refractivity contribution in [2.24, 2.45) is 0 Å². The summed E-state index contributed by atoms with van der Waals surface area (Å²) >= 11 is 0. The SMILES string of the molecule is CCC(C)(NC(=O)CNc1ccccc1[N+](=O)[O-])C(=O)O. The highest BCUT2D eigenvalue weighted by molar-refractivity contribution is 5.88. The van der Waals surface area contributed by atoms with Gasteiger partial charge in [0.05, 0.1) is 11.5 Å². The minimum Gasteiger partial charge on any atom is -0.480 e. The molecule has 0 heterocycles. The van der Waals surface area contributed by atoms with Crippen molar-refractivity contribution in [1.82, 2.24) is 5.32 Å². The number of carbonyl (C=O) groups excluding carboxylic acids is 1. The van der Waals surface area contributed by atoms with Gasteiger partial charge in [-0.3, -0.25) is 14.9 Å². The van der Waals surface area contributed by atoms with Gasteiger partial charge in [0.1, 0.15) is 11.2 Å². The van der Waals surface area contributed by atoms with E-state index < -0.39 is 22.3 Å². The Labute approximate surface area is 121 Å². The molecule has 8 nitrogen and oxygen atoms in total. The normalized spacial score (nSPS) is 13.0. The van der Waals surface area contributed by atoms with Gasteiger partial charge in [0.15, 0.2) is 0 Å². The highest BCUT2D eigenvalue weighted by Gasteiger charge is 2.32. The highest BCUT2D eigenvalue weighted by Crippen LogP contribution is 2.22. The number of nitrogens with one attached hydrogen (secondary N) is 2. The van der Waals surface area contributed by atoms with Gasteiger partial charge in [-0.1, -0.05) is 19.1 Å². The first kappa shape index (κ1) is 16.4. The van der Waals surface area contributed by atoms with Gasteiger partial charge in [-0.25, -0.2) is 4.79 Å². The number of carboxylic acids is 1. The summed E-state index contributed by atoms with van der Waals surface area (Å²) in [7, 11) is 0. The Morgan fingerprint density at radius 2 is 2.00 bits per heavy atom. The molecule has 1 amide bonds. The van der Waals surface area contributed by atoms with Crippen LogP contribution in [-0.2, 0) is 9.59 Å². The van der Waals surface area contributed by atoms with Crippen molar-refractivity contribution in [3.8, 4) is 0 Å². The number of rotatable bonds is 7. The molecule has 1 aromatic carbocycles. The molecule has 0 spiro atoms. The molecule has 1 unspecified atom stereocenters. The summed E-state index contributed by atoms with van der Waals surface area (Å²) in [6.07, 6.45) is 0.222. The van der Waals surface area contributed by atoms with E-state index >= 15 is 0 Å². The number of hydrogen-bond acceptors (Lipinski definition) is 5. The van der Waals surface area contributed by atoms with Crippen LogP contribution in [0.2, 0.25) is 0 Å². The number of nitrogens with zero attached hydrogens (tertiary/aromatic N) is 1. The fourth-order valence-electron chi connectivity index (χ4n) is 1.60. The number of benzene rings is 1. The lowest BCUT2D eigenvalue weighted by molar-refractivity contribution is -0.383. The van der Waals surface area contributed by atoms with Crippen LogP contribution in [0.1, 0.15) is 20.3 Å². The van der Waals surface area contributed by atoms with E-state index in [1.165, 1.54) is 25.1 Å². The van der Waals surface area contributed by atoms with E-state index in [0.717, 1.165) is 0 Å². The zero-order valence-electron chi connectivity index (χ0n) is 11.8. The Balaban J connectivity index is 2.70. The van der Waals surface area contributed by atoms with Crippen molar-refractivity contribution in [2.45, 2.75) is 25.8 Å². The van der Waals surface area contributed by atoms with Gasteiger partial charge in [-0.05, 0) is 19.4 Å². The van der Waals surface area contributed by atoms with E-state index in [1.807, 2.05) is 0 Å². The van der Waals surface area contributed by atoms with Crippen LogP contribution in [0.5, 0.6) is 0 Å². The van der Waals surface area contributed by atoms with E-state index in [1.54, 1.807) is 13.0 Å². The Morgan fingerprint density at radius 3 is 2.52 bits per heavy atom. The molecule has 0 radical (unpaired) electrons. The van der Waals surface area contributed by atoms with Crippen molar-refractivity contribution < 1.29 is 19.6 Å². The zero-order valence-corrected chi connectivity index (χ0v) is 11.8. The molecule has 0 aromatic heterocycles. The van der Waals surface area contributed by atoms with Gasteiger partial charge < -0.3 is 15.7 Å². The lowest BCUT2D eigenvalue weighted by Crippen LogP contribution is -2.53. The summed E-state index contributed by atoms with van der Waals surface area (Å²) < 4.78 is 0. The molecule has 0 saturated carbocycles. The molecule has 0 bridgehead atoms. The molecule has 8 heteroatoms. The quantitative estimate of drug-likeness (QED) is 0.516. The van der Waals surface area contributed by atoms with Gasteiger partial charge >= 0.3 is 5.97 Å². The molecule has 0 saturated heterocycles. The van der Waals surface area contributed by atoms with Crippen LogP contribution in [0.4, 0.5) is 11.4 Å². The number of carboxylic acid groups (broad SMARTS) is 1. The molecule has 0 aliphatic carbocycles. The molecular weight excluding hydrogens is 278 g/mol. The maximum absolute atomic E-state index is 11.8. The van der Waals surface area contributed by atoms with E-state index in [0.29, 0.717) is 0 Å². The first-order chi connectivity index (χ1) is 9.80. The number of para-hydroxylation sites is 2. The van der Waals surface area contributed by atoms with E-state index in [9.17, 15) is 19.7 Å². The molecule has 114 valence electrons. The third-order valence-electron chi connectivity index (χ3n) is 3.13. The van der Waals surface area contributed by atoms with Gasteiger partial charge in [-0.2, -0.15) is 0 Å². The minimum absolute atomic E-state index is 0.151. The second-order valence-electron chi connectivity index (χ2n) is 4.67. The van der Waals surface area contributed by atoms with Gasteiger partial charge in [-0.15, -0.1) is 0 Å². The Morgan fingerprint density at radius 1 is 1.38 bits per heavy atom. The van der Waals surface area contributed by atoms with Crippen LogP contribution in [0, 0.1) is 10.1 Å². The number of nitro groups is 1. The molecule has 3 N–H and O–H groups in total. The second kappa shape index (κ2) is 6.69. The third-order valence-corrected chi connectivity index (χ3v) is 3.13. The average Bonchev–Trinajstić information content (AvgIpc) is 2.44. The van der Waals surface area contributed by atoms with Crippen LogP contribution in [-0.4, -0.2) is 34.0 Å². The molecule has 1 aromatic rings. The number of amides is 1. The number of carbonyl (C=O) groups is 2. The van der Waals surface area contributed by atoms with Crippen molar-refractivity contribution in [1.29, 1.82) is 0 Å². The van der Waals surface area contributed by atoms with Gasteiger partial charge in [0.25, 0.3) is 5.69 Å². The van der Waals surface area contributed by atoms with Gasteiger partial charge in [0, 0.05) is 6.07 Å². The number of aliphatic carboxylic acids is 1.